The fourth-order valence-electron chi connectivity index (χ4n) is 2.87. The normalized spacial score (nSPS) is 25.6. The van der Waals surface area contributed by atoms with Crippen molar-refractivity contribution in [2.45, 2.75) is 24.5 Å². The average Bonchev–Trinajstić information content (AvgIpc) is 2.99. The van der Waals surface area contributed by atoms with E-state index in [0.29, 0.717) is 5.25 Å². The van der Waals surface area contributed by atoms with Crippen LogP contribution in [0.2, 0.25) is 0 Å². The van der Waals surface area contributed by atoms with Crippen molar-refractivity contribution in [2.75, 3.05) is 13.2 Å². The number of benzene rings is 1. The van der Waals surface area contributed by atoms with E-state index in [4.69, 9.17) is 4.74 Å². The fourth-order valence-corrected chi connectivity index (χ4v) is 4.25. The van der Waals surface area contributed by atoms with Crippen LogP contribution in [0.5, 0.6) is 0 Å². The van der Waals surface area contributed by atoms with Crippen LogP contribution in [0.15, 0.2) is 35.7 Å². The number of nitrogens with zero attached hydrogens (tertiary/aromatic N) is 1. The molecule has 0 aliphatic carbocycles. The van der Waals surface area contributed by atoms with Crippen molar-refractivity contribution in [3.63, 3.8) is 0 Å². The molecule has 0 N–H and O–H groups in total. The topological polar surface area (TPSA) is 33.0 Å². The summed E-state index contributed by atoms with van der Waals surface area (Å²) in [5.74, 6) is 0. The van der Waals surface area contributed by atoms with Gasteiger partial charge in [0.05, 0.1) is 11.5 Å². The van der Waals surface area contributed by atoms with Gasteiger partial charge in [-0.1, -0.05) is 30.3 Å². The van der Waals surface area contributed by atoms with Crippen LogP contribution in [-0.4, -0.2) is 18.5 Å². The van der Waals surface area contributed by atoms with Gasteiger partial charge in [0.1, 0.15) is 0 Å². The van der Waals surface area contributed by atoms with E-state index >= 15 is 0 Å². The third kappa shape index (κ3) is 2.43. The molecule has 1 aromatic rings. The zero-order valence-corrected chi connectivity index (χ0v) is 11.7. The Morgan fingerprint density at radius 1 is 1.21 bits per heavy atom. The van der Waals surface area contributed by atoms with Gasteiger partial charge in [-0.25, -0.2) is 0 Å². The monoisotopic (exact) mass is 271 g/mol. The Hall–Kier alpha value is -1.24. The lowest BCUT2D eigenvalue weighted by Crippen LogP contribution is -2.36. The van der Waals surface area contributed by atoms with Gasteiger partial charge in [-0.15, -0.1) is 11.8 Å². The summed E-state index contributed by atoms with van der Waals surface area (Å²) in [6.07, 6.45) is 2.75. The van der Waals surface area contributed by atoms with Crippen LogP contribution in [-0.2, 0) is 4.74 Å². The second-order valence-electron chi connectivity index (χ2n) is 5.22. The minimum atomic E-state index is -0.198. The zero-order chi connectivity index (χ0) is 13.1. The summed E-state index contributed by atoms with van der Waals surface area (Å²) in [6.45, 7) is 1.45. The second-order valence-corrected chi connectivity index (χ2v) is 6.30. The summed E-state index contributed by atoms with van der Waals surface area (Å²) in [5, 5.41) is 12.2. The molecule has 0 bridgehead atoms. The van der Waals surface area contributed by atoms with Crippen LogP contribution < -0.4 is 0 Å². The third-order valence-corrected chi connectivity index (χ3v) is 5.52. The Balaban J connectivity index is 1.75. The first-order valence-corrected chi connectivity index (χ1v) is 7.67. The molecule has 0 aromatic heterocycles. The molecule has 3 rings (SSSR count). The zero-order valence-electron chi connectivity index (χ0n) is 10.8. The standard InChI is InChI=1S/C16H17NOS/c17-12-16(6-8-18-9-7-16)15-10-14(11-19-15)13-4-2-1-3-5-13/h1-5,11,15H,6-10H2. The first-order chi connectivity index (χ1) is 9.34. The highest BCUT2D eigenvalue weighted by molar-refractivity contribution is 8.03. The molecule has 19 heavy (non-hydrogen) atoms. The van der Waals surface area contributed by atoms with Crippen LogP contribution in [0.1, 0.15) is 24.8 Å². The molecule has 1 saturated heterocycles. The maximum Gasteiger partial charge on any atom is 0.0742 e. The summed E-state index contributed by atoms with van der Waals surface area (Å²) in [6, 6.07) is 13.1. The van der Waals surface area contributed by atoms with Crippen molar-refractivity contribution in [2.24, 2.45) is 5.41 Å². The molecular formula is C16H17NOS. The van der Waals surface area contributed by atoms with Crippen molar-refractivity contribution in [3.05, 3.63) is 41.3 Å². The molecule has 3 heteroatoms. The van der Waals surface area contributed by atoms with Gasteiger partial charge in [-0.3, -0.25) is 0 Å². The molecular weight excluding hydrogens is 254 g/mol. The molecule has 0 saturated carbocycles. The highest BCUT2D eigenvalue weighted by Gasteiger charge is 2.42. The van der Waals surface area contributed by atoms with Crippen molar-refractivity contribution < 1.29 is 4.74 Å². The summed E-state index contributed by atoms with van der Waals surface area (Å²) in [7, 11) is 0. The Morgan fingerprint density at radius 2 is 1.95 bits per heavy atom. The first-order valence-electron chi connectivity index (χ1n) is 6.73. The van der Waals surface area contributed by atoms with Gasteiger partial charge in [0, 0.05) is 18.5 Å². The van der Waals surface area contributed by atoms with Crippen molar-refractivity contribution in [1.82, 2.24) is 0 Å². The molecule has 2 heterocycles. The number of thioether (sulfide) groups is 1. The highest BCUT2D eigenvalue weighted by atomic mass is 32.2. The quantitative estimate of drug-likeness (QED) is 0.819. The Bertz CT molecular complexity index is 511. The van der Waals surface area contributed by atoms with Gasteiger partial charge < -0.3 is 4.74 Å². The minimum Gasteiger partial charge on any atom is -0.381 e. The van der Waals surface area contributed by atoms with E-state index < -0.39 is 0 Å². The molecule has 2 aliphatic rings. The second kappa shape index (κ2) is 5.40. The smallest absolute Gasteiger partial charge is 0.0742 e. The van der Waals surface area contributed by atoms with Crippen LogP contribution in [0.3, 0.4) is 0 Å². The molecule has 1 fully saturated rings. The van der Waals surface area contributed by atoms with Crippen molar-refractivity contribution in [3.8, 4) is 6.07 Å². The largest absolute Gasteiger partial charge is 0.381 e. The maximum absolute atomic E-state index is 9.62. The fraction of sp³-hybridized carbons (Fsp3) is 0.438. The summed E-state index contributed by atoms with van der Waals surface area (Å²) < 4.78 is 5.42. The first kappa shape index (κ1) is 12.8. The Labute approximate surface area is 118 Å². The van der Waals surface area contributed by atoms with E-state index in [2.05, 4.69) is 35.7 Å². The van der Waals surface area contributed by atoms with E-state index in [1.54, 1.807) is 0 Å². The SMILES string of the molecule is N#CC1(C2CC(c3ccccc3)=CS2)CCOCC1. The Kier molecular flexibility index (Phi) is 3.63. The number of hydrogen-bond donors (Lipinski definition) is 0. The van der Waals surface area contributed by atoms with Gasteiger partial charge >= 0.3 is 0 Å². The van der Waals surface area contributed by atoms with Crippen LogP contribution in [0.25, 0.3) is 5.57 Å². The summed E-state index contributed by atoms with van der Waals surface area (Å²) in [4.78, 5) is 0. The predicted octanol–water partition coefficient (Wildman–Crippen LogP) is 3.85. The van der Waals surface area contributed by atoms with Crippen molar-refractivity contribution in [1.29, 1.82) is 5.26 Å². The lowest BCUT2D eigenvalue weighted by molar-refractivity contribution is 0.0403. The molecule has 1 unspecified atom stereocenters. The number of hydrogen-bond acceptors (Lipinski definition) is 3. The Morgan fingerprint density at radius 3 is 2.63 bits per heavy atom. The molecule has 1 atom stereocenters. The molecule has 0 spiro atoms. The molecule has 2 aliphatic heterocycles. The van der Waals surface area contributed by atoms with E-state index in [1.807, 2.05) is 17.8 Å². The molecule has 2 nitrogen and oxygen atoms in total. The van der Waals surface area contributed by atoms with E-state index in [1.165, 1.54) is 11.1 Å². The van der Waals surface area contributed by atoms with Gasteiger partial charge in [0.15, 0.2) is 0 Å². The van der Waals surface area contributed by atoms with Gasteiger partial charge in [0.2, 0.25) is 0 Å². The predicted molar refractivity (Wildman–Crippen MR) is 78.5 cm³/mol. The number of nitriles is 1. The minimum absolute atomic E-state index is 0.198. The van der Waals surface area contributed by atoms with E-state index in [-0.39, 0.29) is 5.41 Å². The lowest BCUT2D eigenvalue weighted by atomic mass is 9.76. The van der Waals surface area contributed by atoms with Gasteiger partial charge in [-0.05, 0) is 35.8 Å². The van der Waals surface area contributed by atoms with Gasteiger partial charge in [0.25, 0.3) is 0 Å². The lowest BCUT2D eigenvalue weighted by Gasteiger charge is -2.35. The van der Waals surface area contributed by atoms with Crippen LogP contribution in [0.4, 0.5) is 0 Å². The molecule has 0 amide bonds. The maximum atomic E-state index is 9.62. The number of allylic oxidation sites excluding steroid dienone is 1. The molecule has 98 valence electrons. The molecule has 1 aromatic carbocycles. The third-order valence-electron chi connectivity index (χ3n) is 4.15. The summed E-state index contributed by atoms with van der Waals surface area (Å²) in [5.41, 5.74) is 2.46. The highest BCUT2D eigenvalue weighted by Crippen LogP contribution is 2.48. The summed E-state index contributed by atoms with van der Waals surface area (Å²) >= 11 is 1.84. The van der Waals surface area contributed by atoms with E-state index in [9.17, 15) is 5.26 Å². The number of ether oxygens (including phenoxy) is 1. The average molecular weight is 271 g/mol. The van der Waals surface area contributed by atoms with Gasteiger partial charge in [-0.2, -0.15) is 5.26 Å². The van der Waals surface area contributed by atoms with Crippen LogP contribution in [0, 0.1) is 16.7 Å². The van der Waals surface area contributed by atoms with Crippen LogP contribution >= 0.6 is 11.8 Å². The molecule has 0 radical (unpaired) electrons. The number of rotatable bonds is 2. The van der Waals surface area contributed by atoms with E-state index in [0.717, 1.165) is 32.5 Å². The van der Waals surface area contributed by atoms with Crippen molar-refractivity contribution >= 4 is 17.3 Å².